The number of benzene rings is 2. The predicted molar refractivity (Wildman–Crippen MR) is 142 cm³/mol. The lowest BCUT2D eigenvalue weighted by Gasteiger charge is -2.30. The van der Waals surface area contributed by atoms with Crippen molar-refractivity contribution in [2.45, 2.75) is 38.1 Å². The molecule has 36 heavy (non-hydrogen) atoms. The number of para-hydroxylation sites is 1. The second kappa shape index (κ2) is 11.8. The van der Waals surface area contributed by atoms with Crippen LogP contribution in [0.25, 0.3) is 6.08 Å². The van der Waals surface area contributed by atoms with E-state index in [1.165, 1.54) is 18.2 Å². The lowest BCUT2D eigenvalue weighted by molar-refractivity contribution is -0.137. The summed E-state index contributed by atoms with van der Waals surface area (Å²) in [6, 6.07) is 17.5. The number of rotatable bonds is 6. The number of morpholine rings is 1. The number of aliphatic imine (C=N–C) groups is 1. The largest absolute Gasteiger partial charge is 0.484 e. The molecule has 188 valence electrons. The molecule has 1 saturated carbocycles. The summed E-state index contributed by atoms with van der Waals surface area (Å²) >= 11 is 1.44. The number of hydrogen-bond donors (Lipinski definition) is 0. The summed E-state index contributed by atoms with van der Waals surface area (Å²) in [7, 11) is 0. The number of carbonyl (C=O) groups is 2. The second-order valence-corrected chi connectivity index (χ2v) is 10.2. The van der Waals surface area contributed by atoms with E-state index >= 15 is 0 Å². The standard InChI is InChI=1S/C28H31N3O4S/c32-26(30-15-17-34-18-16-30)20-35-24-13-11-21(12-14-24)19-25-27(33)31(23-9-5-2-6-10-23)28(36-25)29-22-7-3-1-4-8-22/h1,3-4,7-8,11-14,19,23H,2,5-6,9-10,15-18,20H2/b25-19+,29-28?. The molecule has 7 nitrogen and oxygen atoms in total. The third kappa shape index (κ3) is 5.99. The van der Waals surface area contributed by atoms with Gasteiger partial charge in [-0.15, -0.1) is 0 Å². The van der Waals surface area contributed by atoms with Crippen LogP contribution >= 0.6 is 11.8 Å². The van der Waals surface area contributed by atoms with Crippen LogP contribution in [0.15, 0.2) is 64.5 Å². The number of carbonyl (C=O) groups excluding carboxylic acids is 2. The van der Waals surface area contributed by atoms with Crippen molar-refractivity contribution in [3.63, 3.8) is 0 Å². The molecule has 3 fully saturated rings. The zero-order valence-corrected chi connectivity index (χ0v) is 21.1. The highest BCUT2D eigenvalue weighted by Crippen LogP contribution is 2.38. The van der Waals surface area contributed by atoms with Crippen molar-refractivity contribution in [2.24, 2.45) is 4.99 Å². The van der Waals surface area contributed by atoms with Crippen LogP contribution in [0, 0.1) is 0 Å². The summed E-state index contributed by atoms with van der Waals surface area (Å²) in [6.45, 7) is 2.36. The van der Waals surface area contributed by atoms with Crippen LogP contribution in [0.1, 0.15) is 37.7 Å². The molecule has 1 aliphatic carbocycles. The van der Waals surface area contributed by atoms with E-state index in [4.69, 9.17) is 14.5 Å². The number of ether oxygens (including phenoxy) is 2. The van der Waals surface area contributed by atoms with Crippen LogP contribution in [0.3, 0.4) is 0 Å². The number of hydrogen-bond acceptors (Lipinski definition) is 6. The van der Waals surface area contributed by atoms with Gasteiger partial charge in [-0.25, -0.2) is 4.99 Å². The number of thioether (sulfide) groups is 1. The molecule has 0 spiro atoms. The van der Waals surface area contributed by atoms with E-state index in [1.807, 2.05) is 65.6 Å². The number of amides is 2. The fraction of sp³-hybridized carbons (Fsp3) is 0.393. The Morgan fingerprint density at radius 2 is 1.75 bits per heavy atom. The Hall–Kier alpha value is -3.10. The van der Waals surface area contributed by atoms with Gasteiger partial charge in [-0.1, -0.05) is 49.6 Å². The van der Waals surface area contributed by atoms with Gasteiger partial charge in [0.2, 0.25) is 0 Å². The average molecular weight is 506 g/mol. The molecule has 0 bridgehead atoms. The van der Waals surface area contributed by atoms with Crippen molar-refractivity contribution in [3.8, 4) is 5.75 Å². The first kappa shape index (κ1) is 24.6. The van der Waals surface area contributed by atoms with Crippen LogP contribution in [0.5, 0.6) is 5.75 Å². The summed E-state index contributed by atoms with van der Waals surface area (Å²) in [5, 5.41) is 0.755. The van der Waals surface area contributed by atoms with Crippen molar-refractivity contribution >= 4 is 40.5 Å². The van der Waals surface area contributed by atoms with Gasteiger partial charge in [0.1, 0.15) is 5.75 Å². The molecule has 5 rings (SSSR count). The van der Waals surface area contributed by atoms with Crippen LogP contribution in [0.2, 0.25) is 0 Å². The SMILES string of the molecule is O=C(COc1ccc(/C=C2/SC(=Nc3ccccc3)N(C3CCCCC3)C2=O)cc1)N1CCOCC1. The molecule has 2 aromatic rings. The summed E-state index contributed by atoms with van der Waals surface area (Å²) < 4.78 is 11.0. The Morgan fingerprint density at radius 1 is 1.03 bits per heavy atom. The zero-order valence-electron chi connectivity index (χ0n) is 20.3. The van der Waals surface area contributed by atoms with Gasteiger partial charge < -0.3 is 14.4 Å². The van der Waals surface area contributed by atoms with Gasteiger partial charge in [-0.3, -0.25) is 14.5 Å². The molecule has 2 amide bonds. The first-order valence-corrected chi connectivity index (χ1v) is 13.4. The van der Waals surface area contributed by atoms with E-state index in [-0.39, 0.29) is 24.5 Å². The molecule has 0 N–H and O–H groups in total. The molecule has 2 aromatic carbocycles. The Kier molecular flexibility index (Phi) is 8.03. The van der Waals surface area contributed by atoms with Gasteiger partial charge >= 0.3 is 0 Å². The maximum atomic E-state index is 13.5. The maximum Gasteiger partial charge on any atom is 0.267 e. The normalized spacial score (nSPS) is 21.4. The van der Waals surface area contributed by atoms with E-state index in [2.05, 4.69) is 0 Å². The minimum absolute atomic E-state index is 0.00440. The molecular formula is C28H31N3O4S. The van der Waals surface area contributed by atoms with Gasteiger partial charge in [-0.2, -0.15) is 0 Å². The number of amidine groups is 1. The summed E-state index contributed by atoms with van der Waals surface area (Å²) in [5.41, 5.74) is 1.75. The van der Waals surface area contributed by atoms with E-state index in [0.717, 1.165) is 42.1 Å². The first-order valence-electron chi connectivity index (χ1n) is 12.6. The van der Waals surface area contributed by atoms with Crippen LogP contribution in [-0.4, -0.2) is 65.7 Å². The molecule has 2 heterocycles. The van der Waals surface area contributed by atoms with Crippen molar-refractivity contribution in [1.82, 2.24) is 9.80 Å². The smallest absolute Gasteiger partial charge is 0.267 e. The first-order chi connectivity index (χ1) is 17.7. The maximum absolute atomic E-state index is 13.5. The molecule has 0 unspecified atom stereocenters. The lowest BCUT2D eigenvalue weighted by atomic mass is 9.94. The highest BCUT2D eigenvalue weighted by Gasteiger charge is 2.38. The van der Waals surface area contributed by atoms with E-state index < -0.39 is 0 Å². The molecule has 0 aromatic heterocycles. The molecular weight excluding hydrogens is 474 g/mol. The highest BCUT2D eigenvalue weighted by atomic mass is 32.2. The topological polar surface area (TPSA) is 71.4 Å². The average Bonchev–Trinajstić information content (AvgIpc) is 3.23. The molecule has 3 aliphatic rings. The highest BCUT2D eigenvalue weighted by molar-refractivity contribution is 8.18. The Balaban J connectivity index is 1.28. The molecule has 8 heteroatoms. The Morgan fingerprint density at radius 3 is 2.47 bits per heavy atom. The third-order valence-corrected chi connectivity index (χ3v) is 7.64. The van der Waals surface area contributed by atoms with Crippen molar-refractivity contribution in [3.05, 3.63) is 65.1 Å². The fourth-order valence-electron chi connectivity index (χ4n) is 4.70. The minimum Gasteiger partial charge on any atom is -0.484 e. The lowest BCUT2D eigenvalue weighted by Crippen LogP contribution is -2.42. The Labute approximate surface area is 216 Å². The molecule has 2 aliphatic heterocycles. The van der Waals surface area contributed by atoms with Crippen molar-refractivity contribution < 1.29 is 19.1 Å². The van der Waals surface area contributed by atoms with Crippen LogP contribution in [0.4, 0.5) is 5.69 Å². The van der Waals surface area contributed by atoms with Crippen LogP contribution in [-0.2, 0) is 14.3 Å². The third-order valence-electron chi connectivity index (χ3n) is 6.66. The van der Waals surface area contributed by atoms with Gasteiger partial charge in [0.05, 0.1) is 23.8 Å². The molecule has 0 atom stereocenters. The van der Waals surface area contributed by atoms with E-state index in [1.54, 1.807) is 4.90 Å². The van der Waals surface area contributed by atoms with Gasteiger partial charge in [0.25, 0.3) is 11.8 Å². The summed E-state index contributed by atoms with van der Waals surface area (Å²) in [6.07, 6.45) is 7.47. The predicted octanol–water partition coefficient (Wildman–Crippen LogP) is 4.86. The van der Waals surface area contributed by atoms with Gasteiger partial charge in [0, 0.05) is 19.1 Å². The van der Waals surface area contributed by atoms with Gasteiger partial charge in [-0.05, 0) is 60.5 Å². The fourth-order valence-corrected chi connectivity index (χ4v) is 5.76. The Bertz CT molecular complexity index is 1120. The second-order valence-electron chi connectivity index (χ2n) is 9.16. The molecule has 2 saturated heterocycles. The zero-order chi connectivity index (χ0) is 24.7. The van der Waals surface area contributed by atoms with Crippen molar-refractivity contribution in [1.29, 1.82) is 0 Å². The van der Waals surface area contributed by atoms with Gasteiger partial charge in [0.15, 0.2) is 11.8 Å². The van der Waals surface area contributed by atoms with E-state index in [9.17, 15) is 9.59 Å². The summed E-state index contributed by atoms with van der Waals surface area (Å²) in [5.74, 6) is 0.614. The molecule has 0 radical (unpaired) electrons. The summed E-state index contributed by atoms with van der Waals surface area (Å²) in [4.78, 5) is 35.0. The number of nitrogens with zero attached hydrogens (tertiary/aromatic N) is 3. The monoisotopic (exact) mass is 505 g/mol. The van der Waals surface area contributed by atoms with Crippen molar-refractivity contribution in [2.75, 3.05) is 32.9 Å². The minimum atomic E-state index is -0.0366. The van der Waals surface area contributed by atoms with E-state index in [0.29, 0.717) is 37.0 Å². The van der Waals surface area contributed by atoms with Crippen LogP contribution < -0.4 is 4.74 Å². The quantitative estimate of drug-likeness (QED) is 0.525.